The van der Waals surface area contributed by atoms with E-state index in [1.165, 1.54) is 0 Å². The number of primary amides is 1. The van der Waals surface area contributed by atoms with Gasteiger partial charge in [0.05, 0.1) is 19.3 Å². The molecule has 0 aromatic heterocycles. The van der Waals surface area contributed by atoms with E-state index >= 15 is 0 Å². The lowest BCUT2D eigenvalue weighted by molar-refractivity contribution is -0.124. The van der Waals surface area contributed by atoms with Crippen LogP contribution >= 0.6 is 0 Å². The van der Waals surface area contributed by atoms with Gasteiger partial charge in [-0.2, -0.15) is 0 Å². The maximum absolute atomic E-state index is 11.8. The van der Waals surface area contributed by atoms with Crippen LogP contribution in [-0.2, 0) is 14.3 Å². The molecule has 0 aromatic rings. The summed E-state index contributed by atoms with van der Waals surface area (Å²) < 4.78 is 11.3. The van der Waals surface area contributed by atoms with Gasteiger partial charge in [0, 0.05) is 19.1 Å². The first-order valence-electron chi connectivity index (χ1n) is 7.79. The molecule has 116 valence electrons. The lowest BCUT2D eigenvalue weighted by Gasteiger charge is -2.27. The van der Waals surface area contributed by atoms with Gasteiger partial charge in [0.1, 0.15) is 5.54 Å². The van der Waals surface area contributed by atoms with Gasteiger partial charge in [0.2, 0.25) is 5.91 Å². The first-order chi connectivity index (χ1) is 9.52. The molecule has 2 fully saturated rings. The van der Waals surface area contributed by atoms with Crippen molar-refractivity contribution in [3.63, 3.8) is 0 Å². The highest BCUT2D eigenvalue weighted by Gasteiger charge is 2.47. The van der Waals surface area contributed by atoms with Crippen molar-refractivity contribution in [2.75, 3.05) is 19.8 Å². The van der Waals surface area contributed by atoms with E-state index in [0.717, 1.165) is 32.3 Å². The van der Waals surface area contributed by atoms with Crippen molar-refractivity contribution in [2.24, 2.45) is 11.7 Å². The van der Waals surface area contributed by atoms with Crippen LogP contribution in [0.5, 0.6) is 0 Å². The summed E-state index contributed by atoms with van der Waals surface area (Å²) in [6.07, 6.45) is 4.82. The van der Waals surface area contributed by atoms with Crippen molar-refractivity contribution in [2.45, 2.75) is 63.6 Å². The largest absolute Gasteiger partial charge is 0.379 e. The standard InChI is InChI=1S/C15H28N2O3/c1-11(2)10-19-7-8-20-13-5-6-15(9-13,14(16)18)17-12-3-4-12/h11-13,17H,3-10H2,1-2H3,(H2,16,18). The fourth-order valence-electron chi connectivity index (χ4n) is 2.78. The lowest BCUT2D eigenvalue weighted by atomic mass is 9.96. The normalized spacial score (nSPS) is 30.1. The van der Waals surface area contributed by atoms with E-state index in [0.29, 0.717) is 31.6 Å². The summed E-state index contributed by atoms with van der Waals surface area (Å²) in [5.74, 6) is 0.318. The maximum atomic E-state index is 11.8. The van der Waals surface area contributed by atoms with Crippen molar-refractivity contribution in [1.82, 2.24) is 5.32 Å². The topological polar surface area (TPSA) is 73.6 Å². The second-order valence-corrected chi connectivity index (χ2v) is 6.57. The third-order valence-corrected chi connectivity index (χ3v) is 4.03. The monoisotopic (exact) mass is 284 g/mol. The molecule has 20 heavy (non-hydrogen) atoms. The Morgan fingerprint density at radius 2 is 2.10 bits per heavy atom. The third-order valence-electron chi connectivity index (χ3n) is 4.03. The van der Waals surface area contributed by atoms with E-state index in [2.05, 4.69) is 19.2 Å². The van der Waals surface area contributed by atoms with Crippen LogP contribution in [0.25, 0.3) is 0 Å². The van der Waals surface area contributed by atoms with Crippen molar-refractivity contribution in [1.29, 1.82) is 0 Å². The Morgan fingerprint density at radius 1 is 1.35 bits per heavy atom. The molecule has 2 atom stereocenters. The van der Waals surface area contributed by atoms with Gasteiger partial charge in [0.15, 0.2) is 0 Å². The SMILES string of the molecule is CC(C)COCCOC1CCC(NC2CC2)(C(N)=O)C1. The molecule has 5 heteroatoms. The molecule has 2 saturated carbocycles. The predicted octanol–water partition coefficient (Wildman–Crippen LogP) is 1.20. The minimum absolute atomic E-state index is 0.122. The number of ether oxygens (including phenoxy) is 2. The highest BCUT2D eigenvalue weighted by atomic mass is 16.5. The van der Waals surface area contributed by atoms with Gasteiger partial charge >= 0.3 is 0 Å². The van der Waals surface area contributed by atoms with Crippen molar-refractivity contribution >= 4 is 5.91 Å². The zero-order valence-corrected chi connectivity index (χ0v) is 12.7. The fourth-order valence-corrected chi connectivity index (χ4v) is 2.78. The van der Waals surface area contributed by atoms with Crippen LogP contribution in [0.2, 0.25) is 0 Å². The van der Waals surface area contributed by atoms with Crippen LogP contribution in [-0.4, -0.2) is 43.4 Å². The van der Waals surface area contributed by atoms with Gasteiger partial charge in [-0.25, -0.2) is 0 Å². The van der Waals surface area contributed by atoms with Gasteiger partial charge in [-0.05, 0) is 31.6 Å². The number of hydrogen-bond acceptors (Lipinski definition) is 4. The molecule has 0 heterocycles. The molecular weight excluding hydrogens is 256 g/mol. The minimum atomic E-state index is -0.537. The average Bonchev–Trinajstić information content (AvgIpc) is 3.08. The summed E-state index contributed by atoms with van der Waals surface area (Å²) >= 11 is 0. The zero-order valence-electron chi connectivity index (χ0n) is 12.7. The number of amides is 1. The summed E-state index contributed by atoms with van der Waals surface area (Å²) in [4.78, 5) is 11.8. The molecule has 0 radical (unpaired) electrons. The Morgan fingerprint density at radius 3 is 2.70 bits per heavy atom. The Labute approximate surface area is 121 Å². The van der Waals surface area contributed by atoms with Gasteiger partial charge < -0.3 is 20.5 Å². The zero-order chi connectivity index (χ0) is 14.6. The number of carbonyl (C=O) groups excluding carboxylic acids is 1. The van der Waals surface area contributed by atoms with Crippen LogP contribution < -0.4 is 11.1 Å². The van der Waals surface area contributed by atoms with Crippen LogP contribution in [0.3, 0.4) is 0 Å². The number of hydrogen-bond donors (Lipinski definition) is 2. The van der Waals surface area contributed by atoms with E-state index in [1.807, 2.05) is 0 Å². The van der Waals surface area contributed by atoms with Gasteiger partial charge in [-0.3, -0.25) is 4.79 Å². The molecule has 0 saturated heterocycles. The molecule has 5 nitrogen and oxygen atoms in total. The molecule has 2 aliphatic carbocycles. The molecule has 3 N–H and O–H groups in total. The quantitative estimate of drug-likeness (QED) is 0.624. The van der Waals surface area contributed by atoms with Crippen LogP contribution in [0, 0.1) is 5.92 Å². The van der Waals surface area contributed by atoms with Gasteiger partial charge in [-0.15, -0.1) is 0 Å². The molecule has 1 amide bonds. The summed E-state index contributed by atoms with van der Waals surface area (Å²) in [6.45, 7) is 6.23. The van der Waals surface area contributed by atoms with Crippen molar-refractivity contribution in [3.8, 4) is 0 Å². The van der Waals surface area contributed by atoms with Crippen LogP contribution in [0.1, 0.15) is 46.0 Å². The maximum Gasteiger partial charge on any atom is 0.237 e. The Balaban J connectivity index is 1.68. The van der Waals surface area contributed by atoms with Crippen molar-refractivity contribution < 1.29 is 14.3 Å². The number of carbonyl (C=O) groups is 1. The molecule has 2 rings (SSSR count). The number of nitrogens with one attached hydrogen (secondary N) is 1. The fraction of sp³-hybridized carbons (Fsp3) is 0.933. The first-order valence-corrected chi connectivity index (χ1v) is 7.79. The van der Waals surface area contributed by atoms with Crippen molar-refractivity contribution in [3.05, 3.63) is 0 Å². The third kappa shape index (κ3) is 4.43. The molecule has 0 aromatic carbocycles. The smallest absolute Gasteiger partial charge is 0.237 e. The van der Waals surface area contributed by atoms with Crippen LogP contribution in [0.4, 0.5) is 0 Å². The first kappa shape index (κ1) is 15.7. The highest BCUT2D eigenvalue weighted by molar-refractivity contribution is 5.85. The Bertz CT molecular complexity index is 331. The highest BCUT2D eigenvalue weighted by Crippen LogP contribution is 2.35. The minimum Gasteiger partial charge on any atom is -0.379 e. The number of rotatable bonds is 9. The Hall–Kier alpha value is -0.650. The average molecular weight is 284 g/mol. The van der Waals surface area contributed by atoms with Gasteiger partial charge in [0.25, 0.3) is 0 Å². The van der Waals surface area contributed by atoms with E-state index in [9.17, 15) is 4.79 Å². The molecular formula is C15H28N2O3. The van der Waals surface area contributed by atoms with E-state index in [1.54, 1.807) is 0 Å². The number of nitrogens with two attached hydrogens (primary N) is 1. The summed E-state index contributed by atoms with van der Waals surface area (Å²) in [6, 6.07) is 0.482. The second-order valence-electron chi connectivity index (χ2n) is 6.57. The molecule has 2 aliphatic rings. The summed E-state index contributed by atoms with van der Waals surface area (Å²) in [5.41, 5.74) is 5.06. The van der Waals surface area contributed by atoms with Crippen LogP contribution in [0.15, 0.2) is 0 Å². The predicted molar refractivity (Wildman–Crippen MR) is 77.3 cm³/mol. The van der Waals surface area contributed by atoms with E-state index < -0.39 is 5.54 Å². The summed E-state index contributed by atoms with van der Waals surface area (Å²) in [5, 5.41) is 3.43. The summed E-state index contributed by atoms with van der Waals surface area (Å²) in [7, 11) is 0. The molecule has 0 bridgehead atoms. The van der Waals surface area contributed by atoms with E-state index in [-0.39, 0.29) is 12.0 Å². The van der Waals surface area contributed by atoms with E-state index in [4.69, 9.17) is 15.2 Å². The lowest BCUT2D eigenvalue weighted by Crippen LogP contribution is -2.54. The Kier molecular flexibility index (Phi) is 5.41. The second kappa shape index (κ2) is 6.87. The molecule has 0 spiro atoms. The molecule has 0 aliphatic heterocycles. The molecule has 2 unspecified atom stereocenters. The van der Waals surface area contributed by atoms with Gasteiger partial charge in [-0.1, -0.05) is 13.8 Å².